The highest BCUT2D eigenvalue weighted by molar-refractivity contribution is 9.09. The zero-order chi connectivity index (χ0) is 20.2. The standard InChI is InChI=1S/C24H22BrNO3/c1-28-19-14-12-18(13-15-19)22-23(29-20-10-6-3-7-11-20)24(27)26(22)16-21(25)17-8-4-2-5-9-17/h2-15,21-23H,16H2,1H3. The van der Waals surface area contributed by atoms with Crippen LogP contribution >= 0.6 is 15.9 Å². The Kier molecular flexibility index (Phi) is 5.86. The summed E-state index contributed by atoms with van der Waals surface area (Å²) in [5.41, 5.74) is 2.17. The van der Waals surface area contributed by atoms with Crippen molar-refractivity contribution in [1.29, 1.82) is 0 Å². The van der Waals surface area contributed by atoms with Crippen LogP contribution in [0.5, 0.6) is 11.5 Å². The van der Waals surface area contributed by atoms with Crippen molar-refractivity contribution < 1.29 is 14.3 Å². The molecule has 0 spiro atoms. The smallest absolute Gasteiger partial charge is 0.266 e. The fraction of sp³-hybridized carbons (Fsp3) is 0.208. The third-order valence-corrected chi connectivity index (χ3v) is 5.95. The second-order valence-electron chi connectivity index (χ2n) is 6.94. The van der Waals surface area contributed by atoms with Gasteiger partial charge in [0.05, 0.1) is 11.9 Å². The molecule has 3 atom stereocenters. The summed E-state index contributed by atoms with van der Waals surface area (Å²) in [7, 11) is 1.64. The van der Waals surface area contributed by atoms with E-state index in [9.17, 15) is 4.79 Å². The molecule has 4 rings (SSSR count). The summed E-state index contributed by atoms with van der Waals surface area (Å²) >= 11 is 3.74. The molecule has 29 heavy (non-hydrogen) atoms. The van der Waals surface area contributed by atoms with Crippen LogP contribution in [0.3, 0.4) is 0 Å². The van der Waals surface area contributed by atoms with Gasteiger partial charge in [-0.3, -0.25) is 4.79 Å². The molecule has 4 nitrogen and oxygen atoms in total. The van der Waals surface area contributed by atoms with E-state index in [4.69, 9.17) is 9.47 Å². The monoisotopic (exact) mass is 451 g/mol. The predicted molar refractivity (Wildman–Crippen MR) is 116 cm³/mol. The first-order chi connectivity index (χ1) is 14.2. The molecule has 1 amide bonds. The Labute approximate surface area is 179 Å². The fourth-order valence-electron chi connectivity index (χ4n) is 3.58. The number of hydrogen-bond acceptors (Lipinski definition) is 3. The van der Waals surface area contributed by atoms with Gasteiger partial charge in [-0.15, -0.1) is 0 Å². The van der Waals surface area contributed by atoms with E-state index in [1.807, 2.05) is 77.7 Å². The minimum absolute atomic E-state index is 0.00458. The molecule has 148 valence electrons. The maximum Gasteiger partial charge on any atom is 0.266 e. The molecule has 1 heterocycles. The molecule has 3 aromatic rings. The molecular formula is C24H22BrNO3. The molecule has 1 saturated heterocycles. The molecule has 1 aliphatic heterocycles. The van der Waals surface area contributed by atoms with Gasteiger partial charge < -0.3 is 14.4 Å². The number of methoxy groups -OCH3 is 1. The van der Waals surface area contributed by atoms with E-state index in [1.54, 1.807) is 7.11 Å². The summed E-state index contributed by atoms with van der Waals surface area (Å²) in [5.74, 6) is 1.48. The van der Waals surface area contributed by atoms with Crippen LogP contribution in [0.25, 0.3) is 0 Å². The number of para-hydroxylation sites is 1. The Morgan fingerprint density at radius 2 is 1.52 bits per heavy atom. The van der Waals surface area contributed by atoms with E-state index in [0.29, 0.717) is 12.3 Å². The van der Waals surface area contributed by atoms with Crippen molar-refractivity contribution >= 4 is 21.8 Å². The largest absolute Gasteiger partial charge is 0.497 e. The molecule has 3 aromatic carbocycles. The maximum absolute atomic E-state index is 13.0. The second kappa shape index (κ2) is 8.70. The molecule has 0 saturated carbocycles. The third-order valence-electron chi connectivity index (χ3n) is 5.13. The quantitative estimate of drug-likeness (QED) is 0.367. The summed E-state index contributed by atoms with van der Waals surface area (Å²) in [6, 6.07) is 27.3. The lowest BCUT2D eigenvalue weighted by Gasteiger charge is -2.47. The van der Waals surface area contributed by atoms with Crippen LogP contribution in [0, 0.1) is 0 Å². The van der Waals surface area contributed by atoms with Gasteiger partial charge in [0.25, 0.3) is 5.91 Å². The zero-order valence-electron chi connectivity index (χ0n) is 16.1. The lowest BCUT2D eigenvalue weighted by Crippen LogP contribution is -2.61. The summed E-state index contributed by atoms with van der Waals surface area (Å²) in [6.45, 7) is 0.564. The van der Waals surface area contributed by atoms with Crippen LogP contribution < -0.4 is 9.47 Å². The number of hydrogen-bond donors (Lipinski definition) is 0. The lowest BCUT2D eigenvalue weighted by atomic mass is 9.89. The van der Waals surface area contributed by atoms with Crippen molar-refractivity contribution in [3.8, 4) is 11.5 Å². The van der Waals surface area contributed by atoms with E-state index in [1.165, 1.54) is 0 Å². The molecule has 0 radical (unpaired) electrons. The maximum atomic E-state index is 13.0. The van der Waals surface area contributed by atoms with Crippen LogP contribution in [0.1, 0.15) is 22.0 Å². The minimum Gasteiger partial charge on any atom is -0.497 e. The highest BCUT2D eigenvalue weighted by atomic mass is 79.9. The third kappa shape index (κ3) is 4.15. The number of likely N-dealkylation sites (tertiary alicyclic amines) is 1. The number of carbonyl (C=O) groups excluding carboxylic acids is 1. The fourth-order valence-corrected chi connectivity index (χ4v) is 4.19. The van der Waals surface area contributed by atoms with Crippen molar-refractivity contribution in [1.82, 2.24) is 4.90 Å². The normalized spacial score (nSPS) is 19.4. The number of alkyl halides is 1. The van der Waals surface area contributed by atoms with Gasteiger partial charge in [-0.05, 0) is 35.4 Å². The van der Waals surface area contributed by atoms with Crippen molar-refractivity contribution in [2.75, 3.05) is 13.7 Å². The van der Waals surface area contributed by atoms with Crippen molar-refractivity contribution in [2.45, 2.75) is 17.0 Å². The number of β-lactam (4-membered cyclic amide) rings is 1. The Morgan fingerprint density at radius 3 is 2.14 bits per heavy atom. The van der Waals surface area contributed by atoms with Gasteiger partial charge >= 0.3 is 0 Å². The Morgan fingerprint density at radius 1 is 0.897 bits per heavy atom. The molecule has 1 fully saturated rings. The molecule has 3 unspecified atom stereocenters. The van der Waals surface area contributed by atoms with E-state index in [2.05, 4.69) is 28.1 Å². The topological polar surface area (TPSA) is 38.8 Å². The Balaban J connectivity index is 1.58. The number of benzene rings is 3. The van der Waals surface area contributed by atoms with Gasteiger partial charge in [-0.1, -0.05) is 76.6 Å². The highest BCUT2D eigenvalue weighted by Gasteiger charge is 2.50. The number of carbonyl (C=O) groups is 1. The van der Waals surface area contributed by atoms with Gasteiger partial charge in [-0.2, -0.15) is 0 Å². The van der Waals surface area contributed by atoms with Crippen LogP contribution in [0.4, 0.5) is 0 Å². The molecule has 0 aromatic heterocycles. The molecule has 5 heteroatoms. The van der Waals surface area contributed by atoms with Crippen LogP contribution in [-0.4, -0.2) is 30.6 Å². The van der Waals surface area contributed by atoms with Crippen molar-refractivity contribution in [3.63, 3.8) is 0 Å². The first-order valence-corrected chi connectivity index (χ1v) is 10.4. The van der Waals surface area contributed by atoms with Gasteiger partial charge in [-0.25, -0.2) is 0 Å². The number of rotatable bonds is 7. The van der Waals surface area contributed by atoms with E-state index in [-0.39, 0.29) is 16.8 Å². The Bertz CT molecular complexity index is 947. The lowest BCUT2D eigenvalue weighted by molar-refractivity contribution is -0.164. The van der Waals surface area contributed by atoms with Crippen molar-refractivity contribution in [2.24, 2.45) is 0 Å². The average molecular weight is 452 g/mol. The summed E-state index contributed by atoms with van der Waals surface area (Å²) < 4.78 is 11.3. The summed E-state index contributed by atoms with van der Waals surface area (Å²) in [5, 5.41) is 0. The molecule has 1 aliphatic rings. The van der Waals surface area contributed by atoms with Gasteiger partial charge in [0.15, 0.2) is 0 Å². The van der Waals surface area contributed by atoms with Gasteiger partial charge in [0.2, 0.25) is 6.10 Å². The molecule has 0 aliphatic carbocycles. The minimum atomic E-state index is -0.540. The highest BCUT2D eigenvalue weighted by Crippen LogP contribution is 2.40. The predicted octanol–water partition coefficient (Wildman–Crippen LogP) is 5.16. The van der Waals surface area contributed by atoms with E-state index in [0.717, 1.165) is 16.9 Å². The van der Waals surface area contributed by atoms with E-state index < -0.39 is 6.10 Å². The first kappa shape index (κ1) is 19.5. The number of amides is 1. The van der Waals surface area contributed by atoms with E-state index >= 15 is 0 Å². The first-order valence-electron chi connectivity index (χ1n) is 9.52. The SMILES string of the molecule is COc1ccc(C2C(Oc3ccccc3)C(=O)N2CC(Br)c2ccccc2)cc1. The van der Waals surface area contributed by atoms with Gasteiger partial charge in [0, 0.05) is 6.54 Å². The summed E-state index contributed by atoms with van der Waals surface area (Å²) in [4.78, 5) is 14.9. The van der Waals surface area contributed by atoms with Crippen LogP contribution in [0.15, 0.2) is 84.9 Å². The number of halogens is 1. The van der Waals surface area contributed by atoms with Gasteiger partial charge in [0.1, 0.15) is 17.5 Å². The number of ether oxygens (including phenoxy) is 2. The molecule has 0 N–H and O–H groups in total. The zero-order valence-corrected chi connectivity index (χ0v) is 17.7. The average Bonchev–Trinajstić information content (AvgIpc) is 2.79. The summed E-state index contributed by atoms with van der Waals surface area (Å²) in [6.07, 6.45) is -0.540. The molecular weight excluding hydrogens is 430 g/mol. The van der Waals surface area contributed by atoms with Crippen LogP contribution in [-0.2, 0) is 4.79 Å². The second-order valence-corrected chi connectivity index (χ2v) is 8.04. The van der Waals surface area contributed by atoms with Crippen molar-refractivity contribution in [3.05, 3.63) is 96.1 Å². The Hall–Kier alpha value is -2.79. The number of nitrogens with zero attached hydrogens (tertiary/aromatic N) is 1. The molecule has 0 bridgehead atoms. The van der Waals surface area contributed by atoms with Crippen LogP contribution in [0.2, 0.25) is 0 Å².